The van der Waals surface area contributed by atoms with E-state index in [1.54, 1.807) is 12.3 Å². The van der Waals surface area contributed by atoms with Crippen molar-refractivity contribution in [2.45, 2.75) is 39.8 Å². The zero-order valence-corrected chi connectivity index (χ0v) is 19.3. The van der Waals surface area contributed by atoms with Gasteiger partial charge in [0.15, 0.2) is 5.17 Å². The van der Waals surface area contributed by atoms with Crippen LogP contribution in [0.25, 0.3) is 0 Å². The molecule has 7 nitrogen and oxygen atoms in total. The van der Waals surface area contributed by atoms with Crippen LogP contribution in [0.5, 0.6) is 0 Å². The molecule has 166 valence electrons. The van der Waals surface area contributed by atoms with Gasteiger partial charge in [-0.15, -0.1) is 0 Å². The number of carbonyl (C=O) groups is 2. The molecule has 0 spiro atoms. The van der Waals surface area contributed by atoms with Gasteiger partial charge in [0.05, 0.1) is 43.7 Å². The van der Waals surface area contributed by atoms with Crippen molar-refractivity contribution >= 4 is 28.8 Å². The van der Waals surface area contributed by atoms with Crippen LogP contribution in [-0.2, 0) is 20.9 Å². The lowest BCUT2D eigenvalue weighted by molar-refractivity contribution is -0.136. The molecular weight excluding hydrogens is 426 g/mol. The number of esters is 1. The minimum atomic E-state index is -0.422. The van der Waals surface area contributed by atoms with E-state index in [0.717, 1.165) is 27.6 Å². The van der Waals surface area contributed by atoms with E-state index in [-0.39, 0.29) is 12.3 Å². The lowest BCUT2D eigenvalue weighted by Gasteiger charge is -2.37. The first-order valence-corrected chi connectivity index (χ1v) is 11.2. The van der Waals surface area contributed by atoms with E-state index in [2.05, 4.69) is 16.4 Å². The minimum Gasteiger partial charge on any atom is -0.467 e. The molecule has 2 aromatic rings. The summed E-state index contributed by atoms with van der Waals surface area (Å²) >= 11 is 1.45. The predicted molar refractivity (Wildman–Crippen MR) is 123 cm³/mol. The van der Waals surface area contributed by atoms with E-state index in [1.165, 1.54) is 18.9 Å². The third kappa shape index (κ3) is 4.23. The molecule has 1 aromatic carbocycles. The fourth-order valence-corrected chi connectivity index (χ4v) is 4.96. The van der Waals surface area contributed by atoms with Crippen LogP contribution in [0, 0.1) is 13.8 Å². The largest absolute Gasteiger partial charge is 0.467 e. The van der Waals surface area contributed by atoms with Crippen molar-refractivity contribution in [3.63, 3.8) is 0 Å². The van der Waals surface area contributed by atoms with Gasteiger partial charge >= 0.3 is 5.97 Å². The molecule has 4 rings (SSSR count). The maximum absolute atomic E-state index is 12.8. The highest BCUT2D eigenvalue weighted by molar-refractivity contribution is 8.16. The fraction of sp³-hybridized carbons (Fsp3) is 0.292. The number of rotatable bonds is 6. The fourth-order valence-electron chi connectivity index (χ4n) is 3.99. The zero-order chi connectivity index (χ0) is 22.8. The normalized spacial score (nSPS) is 17.6. The molecule has 1 amide bonds. The summed E-state index contributed by atoms with van der Waals surface area (Å²) in [7, 11) is 1.37. The van der Waals surface area contributed by atoms with Crippen molar-refractivity contribution in [2.24, 2.45) is 4.99 Å². The quantitative estimate of drug-likeness (QED) is 0.658. The van der Waals surface area contributed by atoms with E-state index in [0.29, 0.717) is 23.6 Å². The van der Waals surface area contributed by atoms with Crippen molar-refractivity contribution in [1.29, 1.82) is 0 Å². The Bertz CT molecular complexity index is 1150. The molecule has 3 heterocycles. The first kappa shape index (κ1) is 22.0. The number of methoxy groups -OCH3 is 1. The van der Waals surface area contributed by atoms with Crippen molar-refractivity contribution in [1.82, 2.24) is 10.2 Å². The molecule has 0 radical (unpaired) electrons. The van der Waals surface area contributed by atoms with Gasteiger partial charge in [-0.1, -0.05) is 35.5 Å². The zero-order valence-electron chi connectivity index (χ0n) is 18.5. The van der Waals surface area contributed by atoms with Gasteiger partial charge in [-0.2, -0.15) is 0 Å². The number of hydrogen-bond donors (Lipinski definition) is 1. The number of hydrogen-bond acceptors (Lipinski definition) is 7. The average Bonchev–Trinajstić information content (AvgIpc) is 3.41. The monoisotopic (exact) mass is 451 g/mol. The van der Waals surface area contributed by atoms with Gasteiger partial charge in [0.2, 0.25) is 5.91 Å². The van der Waals surface area contributed by atoms with Gasteiger partial charge in [-0.3, -0.25) is 4.79 Å². The van der Waals surface area contributed by atoms with E-state index < -0.39 is 12.0 Å². The first-order chi connectivity index (χ1) is 15.4. The summed E-state index contributed by atoms with van der Waals surface area (Å²) in [5.74, 6) is 0.126. The first-order valence-electron chi connectivity index (χ1n) is 10.3. The number of benzene rings is 1. The van der Waals surface area contributed by atoms with Crippen LogP contribution in [0.4, 0.5) is 0 Å². The third-order valence-corrected chi connectivity index (χ3v) is 6.40. The highest BCUT2D eigenvalue weighted by atomic mass is 32.2. The van der Waals surface area contributed by atoms with Crippen LogP contribution in [0.15, 0.2) is 68.4 Å². The smallest absolute Gasteiger partial charge is 0.338 e. The molecule has 2 aliphatic rings. The van der Waals surface area contributed by atoms with Crippen molar-refractivity contribution in [3.8, 4) is 0 Å². The highest BCUT2D eigenvalue weighted by Gasteiger charge is 2.41. The van der Waals surface area contributed by atoms with E-state index >= 15 is 0 Å². The number of ether oxygens (including phenoxy) is 1. The number of carbonyl (C=O) groups excluding carboxylic acids is 2. The van der Waals surface area contributed by atoms with E-state index in [4.69, 9.17) is 9.15 Å². The van der Waals surface area contributed by atoms with Gasteiger partial charge in [-0.25, -0.2) is 9.79 Å². The molecule has 2 aliphatic heterocycles. The number of nitrogens with one attached hydrogen (secondary N) is 1. The molecule has 0 fully saturated rings. The second-order valence-corrected chi connectivity index (χ2v) is 8.61. The lowest BCUT2D eigenvalue weighted by atomic mass is 9.90. The molecular formula is C24H25N3O4S. The van der Waals surface area contributed by atoms with Crippen molar-refractivity contribution in [2.75, 3.05) is 7.11 Å². The second-order valence-electron chi connectivity index (χ2n) is 7.78. The predicted octanol–water partition coefficient (Wildman–Crippen LogP) is 4.35. The number of aliphatic imine (C=N–C) groups is 1. The van der Waals surface area contributed by atoms with Crippen LogP contribution >= 0.6 is 11.8 Å². The number of amidine groups is 1. The van der Waals surface area contributed by atoms with Crippen LogP contribution in [-0.4, -0.2) is 29.1 Å². The Labute approximate surface area is 191 Å². The van der Waals surface area contributed by atoms with Crippen LogP contribution < -0.4 is 5.32 Å². The van der Waals surface area contributed by atoms with Gasteiger partial charge in [0.1, 0.15) is 5.76 Å². The molecule has 32 heavy (non-hydrogen) atoms. The molecule has 8 heteroatoms. The van der Waals surface area contributed by atoms with Crippen LogP contribution in [0.3, 0.4) is 0 Å². The summed E-state index contributed by atoms with van der Waals surface area (Å²) in [5, 5.41) is 5.55. The van der Waals surface area contributed by atoms with Crippen LogP contribution in [0.2, 0.25) is 0 Å². The molecule has 1 aromatic heterocycles. The molecule has 0 bridgehead atoms. The molecule has 0 saturated heterocycles. The summed E-state index contributed by atoms with van der Waals surface area (Å²) in [6.45, 7) is 6.20. The number of fused-ring (bicyclic) bond motifs is 1. The third-order valence-electron chi connectivity index (χ3n) is 5.51. The number of aryl methyl sites for hydroxylation is 2. The number of furan rings is 1. The Hall–Kier alpha value is -3.26. The Kier molecular flexibility index (Phi) is 6.23. The van der Waals surface area contributed by atoms with E-state index in [9.17, 15) is 9.59 Å². The second kappa shape index (κ2) is 9.08. The highest BCUT2D eigenvalue weighted by Crippen LogP contribution is 2.45. The number of nitrogens with zero attached hydrogens (tertiary/aromatic N) is 2. The molecule has 1 atom stereocenters. The minimum absolute atomic E-state index is 0.139. The number of thioether (sulfide) groups is 1. The summed E-state index contributed by atoms with van der Waals surface area (Å²) in [6, 6.07) is 9.33. The lowest BCUT2D eigenvalue weighted by Crippen LogP contribution is -2.38. The molecule has 0 aliphatic carbocycles. The molecule has 1 N–H and O–H groups in total. The van der Waals surface area contributed by atoms with Crippen molar-refractivity contribution < 1.29 is 18.7 Å². The van der Waals surface area contributed by atoms with Gasteiger partial charge in [-0.05, 0) is 49.4 Å². The van der Waals surface area contributed by atoms with E-state index in [1.807, 2.05) is 49.3 Å². The Morgan fingerprint density at radius 3 is 2.75 bits per heavy atom. The maximum Gasteiger partial charge on any atom is 0.338 e. The van der Waals surface area contributed by atoms with Gasteiger partial charge < -0.3 is 19.4 Å². The molecule has 1 unspecified atom stereocenters. The Morgan fingerprint density at radius 1 is 1.25 bits per heavy atom. The van der Waals surface area contributed by atoms with Gasteiger partial charge in [0.25, 0.3) is 0 Å². The standard InChI is InChI=1S/C24H25N3O4S/c1-14-7-8-19(15(2)10-14)22-21(23(29)30-4)16(3)26-24-27(22)17(13-32-24)11-20(28)25-12-18-6-5-9-31-18/h5-10,13,22H,11-12H2,1-4H3,(H,25,28). The summed E-state index contributed by atoms with van der Waals surface area (Å²) in [5.41, 5.74) is 5.06. The van der Waals surface area contributed by atoms with Crippen molar-refractivity contribution in [3.05, 3.63) is 81.4 Å². The molecule has 0 saturated carbocycles. The van der Waals surface area contributed by atoms with Gasteiger partial charge in [0, 0.05) is 5.70 Å². The number of amides is 1. The summed E-state index contributed by atoms with van der Waals surface area (Å²) < 4.78 is 10.4. The number of allylic oxidation sites excluding steroid dienone is 1. The average molecular weight is 452 g/mol. The summed E-state index contributed by atoms with van der Waals surface area (Å²) in [4.78, 5) is 32.1. The summed E-state index contributed by atoms with van der Waals surface area (Å²) in [6.07, 6.45) is 1.73. The van der Waals surface area contributed by atoms with Crippen LogP contribution in [0.1, 0.15) is 41.8 Å². The Morgan fingerprint density at radius 2 is 2.06 bits per heavy atom. The Balaban J connectivity index is 1.66. The SMILES string of the molecule is COC(=O)C1=C(C)N=C2SC=C(CC(=O)NCc3ccco3)N2C1c1ccc(C)cc1C. The topological polar surface area (TPSA) is 84.1 Å². The maximum atomic E-state index is 12.8.